The molecule has 0 aliphatic heterocycles. The van der Waals surface area contributed by atoms with Gasteiger partial charge in [-0.1, -0.05) is 23.4 Å². The average Bonchev–Trinajstić information content (AvgIpc) is 3.24. The maximum absolute atomic E-state index is 12.3. The van der Waals surface area contributed by atoms with Crippen LogP contribution < -0.4 is 14.8 Å². The zero-order chi connectivity index (χ0) is 20.8. The Kier molecular flexibility index (Phi) is 5.75. The summed E-state index contributed by atoms with van der Waals surface area (Å²) in [5, 5.41) is 6.84. The predicted octanol–water partition coefficient (Wildman–Crippen LogP) is 5.32. The van der Waals surface area contributed by atoms with E-state index in [-0.39, 0.29) is 12.3 Å². The van der Waals surface area contributed by atoms with Gasteiger partial charge in [0, 0.05) is 17.3 Å². The largest absolute Gasteiger partial charge is 0.497 e. The zero-order valence-corrected chi connectivity index (χ0v) is 16.4. The average molecular weight is 400 g/mol. The van der Waals surface area contributed by atoms with E-state index in [1.807, 2.05) is 54.6 Å². The molecule has 0 saturated carbocycles. The number of anilines is 1. The molecule has 0 aliphatic rings. The van der Waals surface area contributed by atoms with Crippen LogP contribution in [0.5, 0.6) is 17.2 Å². The smallest absolute Gasteiger partial charge is 0.230 e. The van der Waals surface area contributed by atoms with Crippen LogP contribution in [0.3, 0.4) is 0 Å². The van der Waals surface area contributed by atoms with Crippen LogP contribution in [0.4, 0.5) is 5.69 Å². The van der Waals surface area contributed by atoms with Crippen LogP contribution in [0.25, 0.3) is 11.3 Å². The number of amides is 1. The lowest BCUT2D eigenvalue weighted by molar-refractivity contribution is -0.115. The third-order valence-electron chi connectivity index (χ3n) is 4.39. The van der Waals surface area contributed by atoms with Gasteiger partial charge in [-0.25, -0.2) is 0 Å². The van der Waals surface area contributed by atoms with Crippen molar-refractivity contribution in [3.63, 3.8) is 0 Å². The summed E-state index contributed by atoms with van der Waals surface area (Å²) in [6, 6.07) is 25.9. The molecular formula is C24H20N2O4. The monoisotopic (exact) mass is 400 g/mol. The Balaban J connectivity index is 1.34. The second-order valence-corrected chi connectivity index (χ2v) is 6.58. The molecule has 0 bridgehead atoms. The van der Waals surface area contributed by atoms with Crippen LogP contribution >= 0.6 is 0 Å². The van der Waals surface area contributed by atoms with Crippen molar-refractivity contribution in [2.75, 3.05) is 12.4 Å². The molecule has 1 N–H and O–H groups in total. The summed E-state index contributed by atoms with van der Waals surface area (Å²) >= 11 is 0. The molecule has 1 heterocycles. The molecule has 3 aromatic carbocycles. The van der Waals surface area contributed by atoms with Gasteiger partial charge in [0.15, 0.2) is 5.76 Å². The predicted molar refractivity (Wildman–Crippen MR) is 114 cm³/mol. The van der Waals surface area contributed by atoms with Crippen LogP contribution in [0.15, 0.2) is 89.5 Å². The first-order chi connectivity index (χ1) is 14.7. The Morgan fingerprint density at radius 2 is 1.57 bits per heavy atom. The summed E-state index contributed by atoms with van der Waals surface area (Å²) in [6.45, 7) is 0. The minimum atomic E-state index is -0.179. The number of nitrogens with zero attached hydrogens (tertiary/aromatic N) is 1. The number of methoxy groups -OCH3 is 1. The lowest BCUT2D eigenvalue weighted by Gasteiger charge is -2.07. The first-order valence-electron chi connectivity index (χ1n) is 9.42. The molecule has 1 amide bonds. The molecule has 0 atom stereocenters. The molecule has 6 nitrogen and oxygen atoms in total. The molecule has 0 unspecified atom stereocenters. The number of rotatable bonds is 7. The van der Waals surface area contributed by atoms with Crippen molar-refractivity contribution in [2.24, 2.45) is 0 Å². The third-order valence-corrected chi connectivity index (χ3v) is 4.39. The van der Waals surface area contributed by atoms with E-state index in [0.717, 1.165) is 17.1 Å². The SMILES string of the molecule is COc1ccc(-c2cc(CC(=O)Nc3ccc(Oc4ccccc4)cc3)no2)cc1. The van der Waals surface area contributed by atoms with Crippen molar-refractivity contribution in [1.29, 1.82) is 0 Å². The van der Waals surface area contributed by atoms with Crippen LogP contribution in [-0.4, -0.2) is 18.2 Å². The Labute approximate surface area is 174 Å². The van der Waals surface area contributed by atoms with Crippen LogP contribution in [0.1, 0.15) is 5.69 Å². The summed E-state index contributed by atoms with van der Waals surface area (Å²) in [6.07, 6.45) is 0.113. The zero-order valence-electron chi connectivity index (χ0n) is 16.4. The molecule has 150 valence electrons. The van der Waals surface area contributed by atoms with Crippen LogP contribution in [0.2, 0.25) is 0 Å². The highest BCUT2D eigenvalue weighted by Gasteiger charge is 2.11. The van der Waals surface area contributed by atoms with Crippen molar-refractivity contribution in [3.8, 4) is 28.6 Å². The lowest BCUT2D eigenvalue weighted by Crippen LogP contribution is -2.14. The van der Waals surface area contributed by atoms with Gasteiger partial charge in [0.2, 0.25) is 5.91 Å². The number of ether oxygens (including phenoxy) is 2. The van der Waals surface area contributed by atoms with Gasteiger partial charge in [0.25, 0.3) is 0 Å². The van der Waals surface area contributed by atoms with E-state index in [4.69, 9.17) is 14.0 Å². The summed E-state index contributed by atoms with van der Waals surface area (Å²) in [7, 11) is 1.62. The van der Waals surface area contributed by atoms with E-state index in [9.17, 15) is 4.79 Å². The van der Waals surface area contributed by atoms with Crippen molar-refractivity contribution in [2.45, 2.75) is 6.42 Å². The Bertz CT molecular complexity index is 1100. The molecule has 0 spiro atoms. The Morgan fingerprint density at radius 1 is 0.900 bits per heavy atom. The van der Waals surface area contributed by atoms with Gasteiger partial charge in [-0.3, -0.25) is 4.79 Å². The normalized spacial score (nSPS) is 10.4. The van der Waals surface area contributed by atoms with Crippen LogP contribution in [-0.2, 0) is 11.2 Å². The number of hydrogen-bond acceptors (Lipinski definition) is 5. The van der Waals surface area contributed by atoms with Gasteiger partial charge in [0.05, 0.1) is 19.2 Å². The van der Waals surface area contributed by atoms with E-state index in [2.05, 4.69) is 10.5 Å². The van der Waals surface area contributed by atoms with E-state index >= 15 is 0 Å². The highest BCUT2D eigenvalue weighted by atomic mass is 16.5. The molecule has 0 aliphatic carbocycles. The van der Waals surface area contributed by atoms with Crippen molar-refractivity contribution in [3.05, 3.63) is 90.6 Å². The van der Waals surface area contributed by atoms with E-state index in [0.29, 0.717) is 22.9 Å². The molecule has 4 rings (SSSR count). The third kappa shape index (κ3) is 4.86. The molecule has 30 heavy (non-hydrogen) atoms. The Morgan fingerprint density at radius 3 is 2.27 bits per heavy atom. The summed E-state index contributed by atoms with van der Waals surface area (Å²) < 4.78 is 16.3. The standard InChI is InChI=1S/C24H20N2O4/c1-28-20-11-7-17(8-12-20)23-15-19(26-30-23)16-24(27)25-18-9-13-22(14-10-18)29-21-5-3-2-4-6-21/h2-15H,16H2,1H3,(H,25,27). The molecule has 0 radical (unpaired) electrons. The minimum absolute atomic E-state index is 0.113. The molecule has 1 aromatic heterocycles. The van der Waals surface area contributed by atoms with Gasteiger partial charge in [0.1, 0.15) is 17.2 Å². The van der Waals surface area contributed by atoms with Crippen molar-refractivity contribution in [1.82, 2.24) is 5.16 Å². The molecule has 6 heteroatoms. The Hall–Kier alpha value is -4.06. The maximum atomic E-state index is 12.3. The lowest BCUT2D eigenvalue weighted by atomic mass is 10.1. The molecule has 4 aromatic rings. The van der Waals surface area contributed by atoms with Gasteiger partial charge < -0.3 is 19.3 Å². The van der Waals surface area contributed by atoms with Crippen molar-refractivity contribution >= 4 is 11.6 Å². The van der Waals surface area contributed by atoms with Gasteiger partial charge in [-0.2, -0.15) is 0 Å². The summed E-state index contributed by atoms with van der Waals surface area (Å²) in [4.78, 5) is 12.3. The van der Waals surface area contributed by atoms with E-state index < -0.39 is 0 Å². The first-order valence-corrected chi connectivity index (χ1v) is 9.42. The number of para-hydroxylation sites is 1. The quantitative estimate of drug-likeness (QED) is 0.454. The van der Waals surface area contributed by atoms with E-state index in [1.165, 1.54) is 0 Å². The van der Waals surface area contributed by atoms with Crippen molar-refractivity contribution < 1.29 is 18.8 Å². The maximum Gasteiger partial charge on any atom is 0.230 e. The molecule has 0 fully saturated rings. The minimum Gasteiger partial charge on any atom is -0.497 e. The fourth-order valence-corrected chi connectivity index (χ4v) is 2.89. The fraction of sp³-hybridized carbons (Fsp3) is 0.0833. The number of aromatic nitrogens is 1. The van der Waals surface area contributed by atoms with Gasteiger partial charge in [-0.15, -0.1) is 0 Å². The number of benzene rings is 3. The highest BCUT2D eigenvalue weighted by Crippen LogP contribution is 2.24. The summed E-state index contributed by atoms with van der Waals surface area (Å²) in [5.41, 5.74) is 2.10. The first kappa shape index (κ1) is 19.3. The van der Waals surface area contributed by atoms with E-state index in [1.54, 1.807) is 37.4 Å². The number of nitrogens with one attached hydrogen (secondary N) is 1. The number of carbonyl (C=O) groups excluding carboxylic acids is 1. The summed E-state index contributed by atoms with van der Waals surface area (Å²) in [5.74, 6) is 2.63. The van der Waals surface area contributed by atoms with Gasteiger partial charge >= 0.3 is 0 Å². The van der Waals surface area contributed by atoms with Gasteiger partial charge in [-0.05, 0) is 60.7 Å². The number of carbonyl (C=O) groups is 1. The molecule has 0 saturated heterocycles. The molecular weight excluding hydrogens is 380 g/mol. The second-order valence-electron chi connectivity index (χ2n) is 6.58. The highest BCUT2D eigenvalue weighted by molar-refractivity contribution is 5.92. The van der Waals surface area contributed by atoms with Crippen LogP contribution in [0, 0.1) is 0 Å². The second kappa shape index (κ2) is 8.96. The fourth-order valence-electron chi connectivity index (χ4n) is 2.89. The topological polar surface area (TPSA) is 73.6 Å². The number of hydrogen-bond donors (Lipinski definition) is 1.